The van der Waals surface area contributed by atoms with Gasteiger partial charge in [0.2, 0.25) is 0 Å². The molecule has 0 spiro atoms. The van der Waals surface area contributed by atoms with Crippen molar-refractivity contribution in [2.45, 2.75) is 24.9 Å². The van der Waals surface area contributed by atoms with Crippen LogP contribution >= 0.6 is 0 Å². The summed E-state index contributed by atoms with van der Waals surface area (Å²) in [5.41, 5.74) is 15.8. The fraction of sp³-hybridized carbons (Fsp3) is 0.0690. The Hall–Kier alpha value is -7.42. The van der Waals surface area contributed by atoms with Crippen molar-refractivity contribution < 1.29 is 0 Å². The van der Waals surface area contributed by atoms with Crippen LogP contribution in [0.25, 0.3) is 60.5 Å². The van der Waals surface area contributed by atoms with E-state index in [9.17, 15) is 0 Å². The molecule has 0 radical (unpaired) electrons. The molecule has 9 aromatic carbocycles. The van der Waals surface area contributed by atoms with Crippen LogP contribution in [0.15, 0.2) is 224 Å². The lowest BCUT2D eigenvalue weighted by atomic mass is 9.71. The van der Waals surface area contributed by atoms with Gasteiger partial charge in [0.25, 0.3) is 0 Å². The van der Waals surface area contributed by atoms with Crippen LogP contribution in [0.5, 0.6) is 0 Å². The topological polar surface area (TPSA) is 15.3 Å². The number of fused-ring (bicyclic) bond motifs is 3. The average molecular weight is 769 g/mol. The van der Waals surface area contributed by atoms with Gasteiger partial charge < -0.3 is 10.2 Å². The molecule has 0 fully saturated rings. The summed E-state index contributed by atoms with van der Waals surface area (Å²) in [5.74, 6) is 0. The molecule has 2 unspecified atom stereocenters. The second-order valence-electron chi connectivity index (χ2n) is 16.4. The van der Waals surface area contributed by atoms with Crippen molar-refractivity contribution in [3.8, 4) is 33.4 Å². The van der Waals surface area contributed by atoms with E-state index in [1.54, 1.807) is 0 Å². The van der Waals surface area contributed by atoms with Gasteiger partial charge in [-0.05, 0) is 114 Å². The van der Waals surface area contributed by atoms with Gasteiger partial charge in [-0.1, -0.05) is 201 Å². The van der Waals surface area contributed by atoms with Gasteiger partial charge >= 0.3 is 0 Å². The molecule has 11 rings (SSSR count). The average Bonchev–Trinajstić information content (AvgIpc) is 3.71. The lowest BCUT2D eigenvalue weighted by Crippen LogP contribution is -2.23. The lowest BCUT2D eigenvalue weighted by Gasteiger charge is -2.33. The predicted octanol–water partition coefficient (Wildman–Crippen LogP) is 15.6. The highest BCUT2D eigenvalue weighted by Gasteiger charge is 2.32. The highest BCUT2D eigenvalue weighted by molar-refractivity contribution is 6.16. The molecule has 60 heavy (non-hydrogen) atoms. The highest BCUT2D eigenvalue weighted by atomic mass is 15.3. The number of anilines is 3. The minimum absolute atomic E-state index is 0.0175. The van der Waals surface area contributed by atoms with Crippen LogP contribution in [0.2, 0.25) is 0 Å². The van der Waals surface area contributed by atoms with Crippen molar-refractivity contribution in [2.24, 2.45) is 0 Å². The number of nitrogens with one attached hydrogen (secondary N) is 1. The first-order chi connectivity index (χ1) is 29.6. The molecular formula is C58H44N2. The third-order valence-corrected chi connectivity index (χ3v) is 12.7. The fourth-order valence-electron chi connectivity index (χ4n) is 9.63. The van der Waals surface area contributed by atoms with E-state index in [-0.39, 0.29) is 11.6 Å². The van der Waals surface area contributed by atoms with Gasteiger partial charge in [-0.25, -0.2) is 0 Å². The maximum atomic E-state index is 3.81. The Morgan fingerprint density at radius 3 is 1.75 bits per heavy atom. The molecule has 1 aliphatic heterocycles. The minimum Gasteiger partial charge on any atom is -0.359 e. The number of hydrogen-bond donors (Lipinski definition) is 1. The van der Waals surface area contributed by atoms with Crippen LogP contribution in [0, 0.1) is 0 Å². The molecule has 2 aliphatic rings. The number of nitrogens with zero attached hydrogens (tertiary/aromatic N) is 1. The summed E-state index contributed by atoms with van der Waals surface area (Å²) < 4.78 is 0. The van der Waals surface area contributed by atoms with Crippen LogP contribution in [0.4, 0.5) is 17.1 Å². The van der Waals surface area contributed by atoms with Gasteiger partial charge in [-0.3, -0.25) is 0 Å². The van der Waals surface area contributed by atoms with Gasteiger partial charge in [0, 0.05) is 11.1 Å². The fourth-order valence-corrected chi connectivity index (χ4v) is 9.63. The molecule has 2 heteroatoms. The summed E-state index contributed by atoms with van der Waals surface area (Å²) in [6, 6.07) is 75.2. The summed E-state index contributed by atoms with van der Waals surface area (Å²) in [4.78, 5) is 2.40. The zero-order valence-corrected chi connectivity index (χ0v) is 33.6. The Balaban J connectivity index is 1.05. The highest BCUT2D eigenvalue weighted by Crippen LogP contribution is 2.49. The smallest absolute Gasteiger partial charge is 0.130 e. The monoisotopic (exact) mass is 768 g/mol. The van der Waals surface area contributed by atoms with E-state index in [0.717, 1.165) is 12.1 Å². The zero-order valence-electron chi connectivity index (χ0n) is 33.6. The third kappa shape index (κ3) is 6.20. The summed E-state index contributed by atoms with van der Waals surface area (Å²) >= 11 is 0. The first-order valence-electron chi connectivity index (χ1n) is 21.0. The Morgan fingerprint density at radius 2 is 1.03 bits per heavy atom. The van der Waals surface area contributed by atoms with E-state index in [0.29, 0.717) is 0 Å². The second kappa shape index (κ2) is 14.8. The first kappa shape index (κ1) is 35.7. The van der Waals surface area contributed by atoms with Crippen molar-refractivity contribution in [3.63, 3.8) is 0 Å². The normalized spacial score (nSPS) is 17.1. The van der Waals surface area contributed by atoms with Crippen LogP contribution in [0.1, 0.15) is 36.2 Å². The zero-order chi connectivity index (χ0) is 40.0. The SMILES string of the molecule is CC1(c2c3ccccc3c(-c3ccc(-c4ccccc4)cc3)c3ccc(-c4ccc(C5Nc6ccccc6N5c5ccccc5)cc4)cc23)C=CC(c2ccccc2)=CC1. The van der Waals surface area contributed by atoms with E-state index in [1.165, 1.54) is 88.6 Å². The van der Waals surface area contributed by atoms with E-state index in [2.05, 4.69) is 242 Å². The molecule has 1 heterocycles. The molecule has 1 aliphatic carbocycles. The summed E-state index contributed by atoms with van der Waals surface area (Å²) in [5, 5.41) is 8.96. The van der Waals surface area contributed by atoms with Gasteiger partial charge in [-0.15, -0.1) is 0 Å². The molecule has 0 saturated carbocycles. The van der Waals surface area contributed by atoms with Gasteiger partial charge in [0.05, 0.1) is 11.4 Å². The molecule has 1 N–H and O–H groups in total. The molecule has 0 aromatic heterocycles. The molecule has 0 amide bonds. The van der Waals surface area contributed by atoms with Crippen molar-refractivity contribution in [1.29, 1.82) is 0 Å². The van der Waals surface area contributed by atoms with E-state index < -0.39 is 0 Å². The Bertz CT molecular complexity index is 3070. The summed E-state index contributed by atoms with van der Waals surface area (Å²) in [6.45, 7) is 2.42. The molecule has 286 valence electrons. The quantitative estimate of drug-likeness (QED) is 0.162. The Morgan fingerprint density at radius 1 is 0.483 bits per heavy atom. The summed E-state index contributed by atoms with van der Waals surface area (Å²) in [6.07, 6.45) is 8.12. The molecule has 0 saturated heterocycles. The maximum absolute atomic E-state index is 3.81. The van der Waals surface area contributed by atoms with E-state index >= 15 is 0 Å². The number of allylic oxidation sites excluding steroid dienone is 4. The second-order valence-corrected chi connectivity index (χ2v) is 16.4. The van der Waals surface area contributed by atoms with Crippen LogP contribution in [-0.2, 0) is 5.41 Å². The third-order valence-electron chi connectivity index (χ3n) is 12.7. The first-order valence-corrected chi connectivity index (χ1v) is 21.0. The van der Waals surface area contributed by atoms with Gasteiger partial charge in [0.1, 0.15) is 6.17 Å². The number of benzene rings is 9. The van der Waals surface area contributed by atoms with E-state index in [1.807, 2.05) is 0 Å². The van der Waals surface area contributed by atoms with Crippen molar-refractivity contribution >= 4 is 44.2 Å². The van der Waals surface area contributed by atoms with E-state index in [4.69, 9.17) is 0 Å². The van der Waals surface area contributed by atoms with Crippen molar-refractivity contribution in [3.05, 3.63) is 241 Å². The van der Waals surface area contributed by atoms with Crippen molar-refractivity contribution in [1.82, 2.24) is 0 Å². The standard InChI is InChI=1S/C58H44N2/c1-58(37-35-44(36-38-58)41-17-7-3-8-18-41)56-51-22-12-11-21-49(51)55(45-29-25-42(26-30-45)40-15-5-2-6-16-40)50-34-33-47(39-52(50)56)43-27-31-46(32-28-43)57-59-53-23-13-14-24-54(53)60(57)48-19-9-4-10-20-48/h2-37,39,57,59H,38H2,1H3. The molecular weight excluding hydrogens is 725 g/mol. The van der Waals surface area contributed by atoms with Gasteiger partial charge in [-0.2, -0.15) is 0 Å². The predicted molar refractivity (Wildman–Crippen MR) is 255 cm³/mol. The number of para-hydroxylation sites is 3. The number of hydrogen-bond acceptors (Lipinski definition) is 2. The Labute approximate surface area is 352 Å². The summed E-state index contributed by atoms with van der Waals surface area (Å²) in [7, 11) is 0. The molecule has 2 atom stereocenters. The Kier molecular flexibility index (Phi) is 8.78. The number of rotatable bonds is 7. The maximum Gasteiger partial charge on any atom is 0.130 e. The lowest BCUT2D eigenvalue weighted by molar-refractivity contribution is 0.612. The van der Waals surface area contributed by atoms with Crippen LogP contribution < -0.4 is 10.2 Å². The molecule has 9 aromatic rings. The molecule has 2 nitrogen and oxygen atoms in total. The largest absolute Gasteiger partial charge is 0.359 e. The van der Waals surface area contributed by atoms with Crippen molar-refractivity contribution in [2.75, 3.05) is 10.2 Å². The minimum atomic E-state index is -0.224. The van der Waals surface area contributed by atoms with Gasteiger partial charge in [0.15, 0.2) is 0 Å². The van der Waals surface area contributed by atoms with Crippen LogP contribution in [-0.4, -0.2) is 0 Å². The molecule has 0 bridgehead atoms. The van der Waals surface area contributed by atoms with Crippen LogP contribution in [0.3, 0.4) is 0 Å².